The Balaban J connectivity index is 1.73. The summed E-state index contributed by atoms with van der Waals surface area (Å²) in [6.45, 7) is -0.501. The molecule has 0 spiro atoms. The Labute approximate surface area is 176 Å². The Morgan fingerprint density at radius 2 is 1.66 bits per heavy atom. The molecule has 3 aromatic carbocycles. The van der Waals surface area contributed by atoms with Gasteiger partial charge in [-0.05, 0) is 42.5 Å². The average Bonchev–Trinajstić information content (AvgIpc) is 2.64. The first-order chi connectivity index (χ1) is 13.8. The van der Waals surface area contributed by atoms with Crippen LogP contribution in [-0.2, 0) is 14.8 Å². The van der Waals surface area contributed by atoms with Crippen molar-refractivity contribution in [3.8, 4) is 11.1 Å². The first-order valence-electron chi connectivity index (χ1n) is 8.43. The third-order valence-corrected chi connectivity index (χ3v) is 6.66. The third kappa shape index (κ3) is 3.69. The van der Waals surface area contributed by atoms with Crippen molar-refractivity contribution in [2.75, 3.05) is 16.2 Å². The number of amides is 1. The fourth-order valence-electron chi connectivity index (χ4n) is 3.23. The molecule has 0 fully saturated rings. The van der Waals surface area contributed by atoms with Crippen LogP contribution in [0.1, 0.15) is 0 Å². The Bertz CT molecular complexity index is 1230. The van der Waals surface area contributed by atoms with Crippen LogP contribution in [0.15, 0.2) is 65.6 Å². The molecule has 1 amide bonds. The van der Waals surface area contributed by atoms with Crippen LogP contribution in [-0.4, -0.2) is 20.9 Å². The molecule has 0 saturated heterocycles. The van der Waals surface area contributed by atoms with E-state index in [2.05, 4.69) is 5.32 Å². The van der Waals surface area contributed by atoms with Crippen molar-refractivity contribution in [3.63, 3.8) is 0 Å². The molecule has 29 heavy (non-hydrogen) atoms. The molecule has 4 rings (SSSR count). The van der Waals surface area contributed by atoms with Gasteiger partial charge in [-0.2, -0.15) is 0 Å². The minimum Gasteiger partial charge on any atom is -0.324 e. The molecule has 1 aliphatic rings. The zero-order valence-corrected chi connectivity index (χ0v) is 17.0. The molecule has 9 heteroatoms. The lowest BCUT2D eigenvalue weighted by Crippen LogP contribution is -2.40. The van der Waals surface area contributed by atoms with E-state index in [1.165, 1.54) is 36.4 Å². The number of carbonyl (C=O) groups is 1. The minimum atomic E-state index is -4.01. The number of hydrogen-bond donors (Lipinski definition) is 1. The lowest BCUT2D eigenvalue weighted by atomic mass is 10.0. The fraction of sp³-hybridized carbons (Fsp3) is 0.0500. The van der Waals surface area contributed by atoms with E-state index in [1.54, 1.807) is 18.2 Å². The maximum atomic E-state index is 13.9. The van der Waals surface area contributed by atoms with Crippen LogP contribution >= 0.6 is 23.2 Å². The number of nitrogens with zero attached hydrogens (tertiary/aromatic N) is 1. The summed E-state index contributed by atoms with van der Waals surface area (Å²) in [6, 6.07) is 14.5. The minimum absolute atomic E-state index is 0.0108. The summed E-state index contributed by atoms with van der Waals surface area (Å²) < 4.78 is 41.1. The fourth-order valence-corrected chi connectivity index (χ4v) is 5.41. The van der Waals surface area contributed by atoms with Crippen LogP contribution in [0, 0.1) is 5.82 Å². The van der Waals surface area contributed by atoms with Gasteiger partial charge in [0.05, 0.1) is 10.6 Å². The highest BCUT2D eigenvalue weighted by atomic mass is 35.5. The number of hydrogen-bond acceptors (Lipinski definition) is 3. The largest absolute Gasteiger partial charge is 0.324 e. The van der Waals surface area contributed by atoms with Gasteiger partial charge in [0.15, 0.2) is 0 Å². The lowest BCUT2D eigenvalue weighted by molar-refractivity contribution is -0.114. The highest BCUT2D eigenvalue weighted by molar-refractivity contribution is 7.93. The SMILES string of the molecule is O=C(CN1c2ccc(F)cc2-c2ccccc2S1(=O)=O)Nc1cc(Cl)cc(Cl)c1. The molecule has 1 heterocycles. The van der Waals surface area contributed by atoms with Gasteiger partial charge in [-0.25, -0.2) is 12.8 Å². The van der Waals surface area contributed by atoms with Crippen molar-refractivity contribution in [1.82, 2.24) is 0 Å². The summed E-state index contributed by atoms with van der Waals surface area (Å²) in [7, 11) is -4.01. The third-order valence-electron chi connectivity index (χ3n) is 4.41. The van der Waals surface area contributed by atoms with Gasteiger partial charge in [0.2, 0.25) is 5.91 Å². The second-order valence-electron chi connectivity index (χ2n) is 6.38. The second kappa shape index (κ2) is 7.33. The van der Waals surface area contributed by atoms with Gasteiger partial charge in [-0.3, -0.25) is 9.10 Å². The molecule has 0 unspecified atom stereocenters. The predicted octanol–water partition coefficient (Wildman–Crippen LogP) is 4.95. The molecule has 0 atom stereocenters. The number of anilines is 2. The molecular weight excluding hydrogens is 438 g/mol. The molecule has 5 nitrogen and oxygen atoms in total. The van der Waals surface area contributed by atoms with E-state index in [9.17, 15) is 17.6 Å². The lowest BCUT2D eigenvalue weighted by Gasteiger charge is -2.31. The second-order valence-corrected chi connectivity index (χ2v) is 9.08. The van der Waals surface area contributed by atoms with Gasteiger partial charge in [-0.15, -0.1) is 0 Å². The summed E-state index contributed by atoms with van der Waals surface area (Å²) >= 11 is 11.9. The molecule has 148 valence electrons. The first kappa shape index (κ1) is 19.7. The number of carbonyl (C=O) groups excluding carboxylic acids is 1. The molecule has 1 N–H and O–H groups in total. The molecule has 0 aromatic heterocycles. The zero-order valence-electron chi connectivity index (χ0n) is 14.7. The number of benzene rings is 3. The molecular formula is C20H13Cl2FN2O3S. The van der Waals surface area contributed by atoms with E-state index in [1.807, 2.05) is 0 Å². The summed E-state index contributed by atoms with van der Waals surface area (Å²) in [6.07, 6.45) is 0. The molecule has 0 radical (unpaired) electrons. The standard InChI is InChI=1S/C20H13Cl2FN2O3S/c21-12-7-13(22)9-15(8-12)24-20(26)11-25-18-6-5-14(23)10-17(18)16-3-1-2-4-19(16)29(25,27)28/h1-10H,11H2,(H,24,26). The maximum Gasteiger partial charge on any atom is 0.265 e. The van der Waals surface area contributed by atoms with Gasteiger partial charge in [0, 0.05) is 26.9 Å². The van der Waals surface area contributed by atoms with E-state index >= 15 is 0 Å². The van der Waals surface area contributed by atoms with Crippen LogP contribution in [0.5, 0.6) is 0 Å². The number of fused-ring (bicyclic) bond motifs is 3. The smallest absolute Gasteiger partial charge is 0.265 e. The summed E-state index contributed by atoms with van der Waals surface area (Å²) in [5, 5.41) is 3.24. The molecule has 3 aromatic rings. The Morgan fingerprint density at radius 3 is 2.38 bits per heavy atom. The van der Waals surface area contributed by atoms with E-state index in [0.717, 1.165) is 10.4 Å². The average molecular weight is 451 g/mol. The van der Waals surface area contributed by atoms with E-state index in [0.29, 0.717) is 26.9 Å². The highest BCUT2D eigenvalue weighted by Crippen LogP contribution is 2.43. The molecule has 0 aliphatic carbocycles. The van der Waals surface area contributed by atoms with Gasteiger partial charge >= 0.3 is 0 Å². The van der Waals surface area contributed by atoms with Gasteiger partial charge in [0.25, 0.3) is 10.0 Å². The summed E-state index contributed by atoms with van der Waals surface area (Å²) in [5.74, 6) is -1.10. The number of nitrogens with one attached hydrogen (secondary N) is 1. The number of rotatable bonds is 3. The monoisotopic (exact) mass is 450 g/mol. The quantitative estimate of drug-likeness (QED) is 0.613. The Kier molecular flexibility index (Phi) is 4.98. The van der Waals surface area contributed by atoms with Crippen molar-refractivity contribution in [2.24, 2.45) is 0 Å². The summed E-state index contributed by atoms with van der Waals surface area (Å²) in [5.41, 5.74) is 1.35. The van der Waals surface area contributed by atoms with Gasteiger partial charge in [0.1, 0.15) is 12.4 Å². The zero-order chi connectivity index (χ0) is 20.8. The molecule has 0 saturated carbocycles. The Hall–Kier alpha value is -2.61. The highest BCUT2D eigenvalue weighted by Gasteiger charge is 2.36. The topological polar surface area (TPSA) is 66.5 Å². The van der Waals surface area contributed by atoms with Crippen LogP contribution in [0.2, 0.25) is 10.0 Å². The first-order valence-corrected chi connectivity index (χ1v) is 10.6. The van der Waals surface area contributed by atoms with Crippen molar-refractivity contribution in [1.29, 1.82) is 0 Å². The van der Waals surface area contributed by atoms with Crippen LogP contribution in [0.4, 0.5) is 15.8 Å². The maximum absolute atomic E-state index is 13.9. The van der Waals surface area contributed by atoms with Crippen LogP contribution in [0.25, 0.3) is 11.1 Å². The van der Waals surface area contributed by atoms with E-state index in [-0.39, 0.29) is 10.6 Å². The Morgan fingerprint density at radius 1 is 0.966 bits per heavy atom. The van der Waals surface area contributed by atoms with Crippen LogP contribution in [0.3, 0.4) is 0 Å². The van der Waals surface area contributed by atoms with Gasteiger partial charge in [-0.1, -0.05) is 41.4 Å². The van der Waals surface area contributed by atoms with Crippen molar-refractivity contribution < 1.29 is 17.6 Å². The molecule has 1 aliphatic heterocycles. The van der Waals surface area contributed by atoms with Crippen LogP contribution < -0.4 is 9.62 Å². The van der Waals surface area contributed by atoms with Gasteiger partial charge < -0.3 is 5.32 Å². The molecule has 0 bridgehead atoms. The van der Waals surface area contributed by atoms with Crippen molar-refractivity contribution in [2.45, 2.75) is 4.90 Å². The predicted molar refractivity (Wildman–Crippen MR) is 111 cm³/mol. The van der Waals surface area contributed by atoms with E-state index < -0.39 is 28.3 Å². The number of halogens is 3. The van der Waals surface area contributed by atoms with Crippen molar-refractivity contribution in [3.05, 3.63) is 76.5 Å². The van der Waals surface area contributed by atoms with E-state index in [4.69, 9.17) is 23.2 Å². The summed E-state index contributed by atoms with van der Waals surface area (Å²) in [4.78, 5) is 12.6. The normalized spacial score (nSPS) is 14.1. The van der Waals surface area contributed by atoms with Crippen molar-refractivity contribution >= 4 is 50.5 Å². The number of sulfonamides is 1.